The predicted octanol–water partition coefficient (Wildman–Crippen LogP) is 2.08. The zero-order chi connectivity index (χ0) is 22.8. The Morgan fingerprint density at radius 2 is 2.12 bits per heavy atom. The van der Waals surface area contributed by atoms with Gasteiger partial charge in [0.15, 0.2) is 11.5 Å². The lowest BCUT2D eigenvalue weighted by Crippen LogP contribution is -2.43. The van der Waals surface area contributed by atoms with E-state index >= 15 is 0 Å². The summed E-state index contributed by atoms with van der Waals surface area (Å²) in [6.07, 6.45) is 6.04. The lowest BCUT2D eigenvalue weighted by atomic mass is 10.0. The Hall–Kier alpha value is -3.53. The van der Waals surface area contributed by atoms with Crippen LogP contribution in [0.15, 0.2) is 36.9 Å². The van der Waals surface area contributed by atoms with E-state index in [4.69, 9.17) is 4.98 Å². The Morgan fingerprint density at radius 3 is 3.00 bits per heavy atom. The SMILES string of the molecule is CN(C)C(=O)CN1CCC[C@@H](n2c(CCNc3ncnc4nc[nH]c34)nc3ccccc32)C1. The Bertz CT molecular complexity index is 1260. The van der Waals surface area contributed by atoms with E-state index in [0.29, 0.717) is 18.7 Å². The van der Waals surface area contributed by atoms with Gasteiger partial charge in [0.05, 0.1) is 23.9 Å². The molecule has 0 saturated carbocycles. The molecule has 2 N–H and O–H groups in total. The van der Waals surface area contributed by atoms with E-state index in [-0.39, 0.29) is 11.9 Å². The van der Waals surface area contributed by atoms with E-state index in [1.54, 1.807) is 11.2 Å². The number of piperidine rings is 1. The molecule has 1 atom stereocenters. The molecule has 33 heavy (non-hydrogen) atoms. The third-order valence-corrected chi connectivity index (χ3v) is 6.24. The highest BCUT2D eigenvalue weighted by Crippen LogP contribution is 2.28. The second-order valence-corrected chi connectivity index (χ2v) is 8.71. The van der Waals surface area contributed by atoms with E-state index in [2.05, 4.69) is 52.9 Å². The monoisotopic (exact) mass is 447 g/mol. The number of carbonyl (C=O) groups excluding carboxylic acids is 1. The smallest absolute Gasteiger partial charge is 0.236 e. The van der Waals surface area contributed by atoms with Crippen molar-refractivity contribution in [3.8, 4) is 0 Å². The van der Waals surface area contributed by atoms with Crippen molar-refractivity contribution in [3.05, 3.63) is 42.7 Å². The molecule has 3 aromatic heterocycles. The first-order chi connectivity index (χ1) is 16.1. The first-order valence-electron chi connectivity index (χ1n) is 11.4. The van der Waals surface area contributed by atoms with E-state index in [1.165, 1.54) is 6.33 Å². The summed E-state index contributed by atoms with van der Waals surface area (Å²) in [7, 11) is 3.62. The molecule has 1 saturated heterocycles. The fourth-order valence-electron chi connectivity index (χ4n) is 4.59. The molecule has 1 aromatic carbocycles. The zero-order valence-corrected chi connectivity index (χ0v) is 19.0. The first kappa shape index (κ1) is 21.3. The number of hydrogen-bond donors (Lipinski definition) is 2. The number of carbonyl (C=O) groups is 1. The average molecular weight is 448 g/mol. The number of H-pyrrole nitrogens is 1. The molecule has 1 amide bonds. The Balaban J connectivity index is 1.36. The standard InChI is InChI=1S/C23H29N9O/c1-30(2)20(33)13-31-11-5-6-16(12-31)32-18-8-4-3-7-17(18)29-19(32)9-10-24-22-21-23(26-14-25-21)28-15-27-22/h3-4,7-8,14-16H,5-6,9-13H2,1-2H3,(H2,24,25,26,27,28)/t16-/m1/s1. The van der Waals surface area contributed by atoms with Gasteiger partial charge in [0.25, 0.3) is 0 Å². The van der Waals surface area contributed by atoms with Crippen LogP contribution in [0.2, 0.25) is 0 Å². The van der Waals surface area contributed by atoms with Crippen molar-refractivity contribution >= 4 is 33.9 Å². The zero-order valence-electron chi connectivity index (χ0n) is 19.0. The molecule has 0 spiro atoms. The van der Waals surface area contributed by atoms with Crippen LogP contribution in [0.1, 0.15) is 24.7 Å². The number of imidazole rings is 2. The van der Waals surface area contributed by atoms with Gasteiger partial charge >= 0.3 is 0 Å². The Morgan fingerprint density at radius 1 is 1.24 bits per heavy atom. The highest BCUT2D eigenvalue weighted by Gasteiger charge is 2.26. The second-order valence-electron chi connectivity index (χ2n) is 8.71. The molecule has 172 valence electrons. The van der Waals surface area contributed by atoms with Gasteiger partial charge in [-0.25, -0.2) is 19.9 Å². The topological polar surface area (TPSA) is 108 Å². The molecule has 0 unspecified atom stereocenters. The summed E-state index contributed by atoms with van der Waals surface area (Å²) in [6, 6.07) is 8.59. The van der Waals surface area contributed by atoms with Crippen molar-refractivity contribution < 1.29 is 4.79 Å². The Labute approximate surface area is 192 Å². The van der Waals surface area contributed by atoms with Crippen LogP contribution in [0.25, 0.3) is 22.2 Å². The van der Waals surface area contributed by atoms with Crippen LogP contribution in [0.4, 0.5) is 5.82 Å². The number of fused-ring (bicyclic) bond motifs is 2. The Kier molecular flexibility index (Phi) is 5.91. The maximum Gasteiger partial charge on any atom is 0.236 e. The van der Waals surface area contributed by atoms with Crippen molar-refractivity contribution in [1.29, 1.82) is 0 Å². The number of likely N-dealkylation sites (tertiary alicyclic amines) is 1. The van der Waals surface area contributed by atoms with Gasteiger partial charge in [-0.1, -0.05) is 12.1 Å². The fraction of sp³-hybridized carbons (Fsp3) is 0.435. The summed E-state index contributed by atoms with van der Waals surface area (Å²) in [5.74, 6) is 1.93. The maximum absolute atomic E-state index is 12.3. The molecule has 1 fully saturated rings. The molecule has 4 heterocycles. The maximum atomic E-state index is 12.3. The molecule has 0 aliphatic carbocycles. The molecule has 4 aromatic rings. The molecule has 1 aliphatic rings. The van der Waals surface area contributed by atoms with Crippen molar-refractivity contribution in [2.75, 3.05) is 45.6 Å². The molecule has 10 nitrogen and oxygen atoms in total. The molecular formula is C23H29N9O. The lowest BCUT2D eigenvalue weighted by Gasteiger charge is -2.34. The van der Waals surface area contributed by atoms with Crippen molar-refractivity contribution in [2.45, 2.75) is 25.3 Å². The van der Waals surface area contributed by atoms with Crippen LogP contribution in [0.5, 0.6) is 0 Å². The summed E-state index contributed by atoms with van der Waals surface area (Å²) >= 11 is 0. The van der Waals surface area contributed by atoms with Crippen LogP contribution in [-0.4, -0.2) is 85.5 Å². The van der Waals surface area contributed by atoms with Gasteiger partial charge in [0.1, 0.15) is 17.7 Å². The number of para-hydroxylation sites is 2. The largest absolute Gasteiger partial charge is 0.368 e. The van der Waals surface area contributed by atoms with Crippen LogP contribution < -0.4 is 5.32 Å². The van der Waals surface area contributed by atoms with Gasteiger partial charge in [-0.2, -0.15) is 0 Å². The molecule has 5 rings (SSSR count). The highest BCUT2D eigenvalue weighted by molar-refractivity contribution is 5.82. The third kappa shape index (κ3) is 4.38. The van der Waals surface area contributed by atoms with Crippen molar-refractivity contribution in [1.82, 2.24) is 39.3 Å². The van der Waals surface area contributed by atoms with Crippen LogP contribution in [-0.2, 0) is 11.2 Å². The summed E-state index contributed by atoms with van der Waals surface area (Å²) in [6.45, 7) is 2.94. The molecule has 0 radical (unpaired) electrons. The fourth-order valence-corrected chi connectivity index (χ4v) is 4.59. The minimum atomic E-state index is 0.144. The number of benzene rings is 1. The van der Waals surface area contributed by atoms with E-state index in [0.717, 1.165) is 60.5 Å². The molecular weight excluding hydrogens is 418 g/mol. The average Bonchev–Trinajstić information content (AvgIpc) is 3.44. The quantitative estimate of drug-likeness (QED) is 0.447. The number of nitrogens with zero attached hydrogens (tertiary/aromatic N) is 7. The van der Waals surface area contributed by atoms with Gasteiger partial charge in [0.2, 0.25) is 5.91 Å². The number of amides is 1. The minimum absolute atomic E-state index is 0.144. The van der Waals surface area contributed by atoms with E-state index < -0.39 is 0 Å². The van der Waals surface area contributed by atoms with Gasteiger partial charge in [-0.3, -0.25) is 9.69 Å². The number of aromatic nitrogens is 6. The van der Waals surface area contributed by atoms with Gasteiger partial charge in [0, 0.05) is 39.6 Å². The second kappa shape index (κ2) is 9.14. The summed E-state index contributed by atoms with van der Waals surface area (Å²) in [5, 5.41) is 3.41. The van der Waals surface area contributed by atoms with Crippen LogP contribution in [0, 0.1) is 0 Å². The van der Waals surface area contributed by atoms with Crippen LogP contribution in [0.3, 0.4) is 0 Å². The third-order valence-electron chi connectivity index (χ3n) is 6.24. The number of rotatable bonds is 7. The van der Waals surface area contributed by atoms with Gasteiger partial charge < -0.3 is 19.8 Å². The summed E-state index contributed by atoms with van der Waals surface area (Å²) in [4.78, 5) is 37.0. The molecule has 1 aliphatic heterocycles. The normalized spacial score (nSPS) is 17.0. The van der Waals surface area contributed by atoms with E-state index in [9.17, 15) is 4.79 Å². The van der Waals surface area contributed by atoms with Gasteiger partial charge in [-0.05, 0) is 31.5 Å². The number of hydrogen-bond acceptors (Lipinski definition) is 7. The highest BCUT2D eigenvalue weighted by atomic mass is 16.2. The number of likely N-dealkylation sites (N-methyl/N-ethyl adjacent to an activating group) is 1. The lowest BCUT2D eigenvalue weighted by molar-refractivity contribution is -0.130. The molecule has 0 bridgehead atoms. The summed E-state index contributed by atoms with van der Waals surface area (Å²) < 4.78 is 2.38. The number of anilines is 1. The van der Waals surface area contributed by atoms with Gasteiger partial charge in [-0.15, -0.1) is 0 Å². The predicted molar refractivity (Wildman–Crippen MR) is 127 cm³/mol. The van der Waals surface area contributed by atoms with Crippen molar-refractivity contribution in [2.24, 2.45) is 0 Å². The number of nitrogens with one attached hydrogen (secondary N) is 2. The van der Waals surface area contributed by atoms with E-state index in [1.807, 2.05) is 20.2 Å². The molecule has 10 heteroatoms. The van der Waals surface area contributed by atoms with Crippen molar-refractivity contribution in [3.63, 3.8) is 0 Å². The van der Waals surface area contributed by atoms with Crippen LogP contribution >= 0.6 is 0 Å². The first-order valence-corrected chi connectivity index (χ1v) is 11.4. The number of aromatic amines is 1. The minimum Gasteiger partial charge on any atom is -0.368 e. The summed E-state index contributed by atoms with van der Waals surface area (Å²) in [5.41, 5.74) is 3.61.